The molecule has 0 aliphatic rings. The van der Waals surface area contributed by atoms with Gasteiger partial charge in [0.25, 0.3) is 0 Å². The van der Waals surface area contributed by atoms with Gasteiger partial charge in [-0.15, -0.1) is 13.2 Å². The molecule has 0 spiro atoms. The average Bonchev–Trinajstić information content (AvgIpc) is 1.94. The van der Waals surface area contributed by atoms with Gasteiger partial charge in [-0.05, 0) is 0 Å². The molecule has 9 heavy (non-hydrogen) atoms. The van der Waals surface area contributed by atoms with Crippen molar-refractivity contribution in [2.24, 2.45) is 0 Å². The monoisotopic (exact) mass is 184 g/mol. The second-order valence-corrected chi connectivity index (χ2v) is 3.81. The van der Waals surface area contributed by atoms with Crippen molar-refractivity contribution in [2.45, 2.75) is 0 Å². The van der Waals surface area contributed by atoms with Gasteiger partial charge >= 0.3 is 5.82 Å². The summed E-state index contributed by atoms with van der Waals surface area (Å²) in [5.74, 6) is -0.631. The fourth-order valence-corrected chi connectivity index (χ4v) is 1.68. The molecule has 1 aromatic heterocycles. The van der Waals surface area contributed by atoms with Crippen molar-refractivity contribution in [3.63, 3.8) is 0 Å². The second kappa shape index (κ2) is 5.80. The molecular formula is C3H4O3S3. The first kappa shape index (κ1) is 8.67. The van der Waals surface area contributed by atoms with Crippen LogP contribution in [0.25, 0.3) is 0 Å². The fourth-order valence-electron chi connectivity index (χ4n) is 0.109. The molecule has 1 aromatic rings. The van der Waals surface area contributed by atoms with Crippen LogP contribution >= 0.6 is 30.6 Å². The van der Waals surface area contributed by atoms with E-state index in [-0.39, 0.29) is 0 Å². The molecule has 0 N–H and O–H groups in total. The Labute approximate surface area is 62.4 Å². The first-order valence-electron chi connectivity index (χ1n) is 1.78. The van der Waals surface area contributed by atoms with Gasteiger partial charge in [-0.25, -0.2) is 4.79 Å². The zero-order valence-electron chi connectivity index (χ0n) is 4.36. The predicted octanol–water partition coefficient (Wildman–Crippen LogP) is 2.34. The van der Waals surface area contributed by atoms with Crippen LogP contribution < -0.4 is 5.82 Å². The summed E-state index contributed by atoms with van der Waals surface area (Å²) in [7, 11) is 3.28. The van der Waals surface area contributed by atoms with Crippen molar-refractivity contribution in [1.29, 1.82) is 0 Å². The lowest BCUT2D eigenvalue weighted by Gasteiger charge is -1.68. The van der Waals surface area contributed by atoms with Gasteiger partial charge in [0.05, 0.1) is 9.34 Å². The van der Waals surface area contributed by atoms with Crippen LogP contribution in [-0.2, 0) is 0 Å². The molecular weight excluding hydrogens is 180 g/mol. The second-order valence-electron chi connectivity index (χ2n) is 0.621. The lowest BCUT2D eigenvalue weighted by atomic mass is 11.3. The minimum atomic E-state index is -0.631. The van der Waals surface area contributed by atoms with Crippen molar-refractivity contribution in [2.75, 3.05) is 0 Å². The molecule has 0 radical (unpaired) electrons. The van der Waals surface area contributed by atoms with Gasteiger partial charge in [0.1, 0.15) is 21.3 Å². The fraction of sp³-hybridized carbons (Fsp3) is 0. The maximum atomic E-state index is 9.96. The van der Waals surface area contributed by atoms with E-state index in [1.165, 1.54) is 9.34 Å². The van der Waals surface area contributed by atoms with Gasteiger partial charge < -0.3 is 7.70 Å². The molecule has 0 saturated heterocycles. The van der Waals surface area contributed by atoms with Crippen LogP contribution in [0.15, 0.2) is 25.7 Å². The molecule has 0 unspecified atom stereocenters. The normalized spacial score (nSPS) is 7.11. The van der Waals surface area contributed by atoms with E-state index in [9.17, 15) is 4.79 Å². The summed E-state index contributed by atoms with van der Waals surface area (Å²) in [6.07, 6.45) is 0. The van der Waals surface area contributed by atoms with Gasteiger partial charge in [0, 0.05) is 0 Å². The Bertz CT molecular complexity index is 192. The molecule has 0 atom stereocenters. The summed E-state index contributed by atoms with van der Waals surface area (Å²) in [5.41, 5.74) is 0. The first-order valence-corrected chi connectivity index (χ1v) is 5.11. The standard InChI is InChI=1S/C2H4.CO3S3/c1-2;2-1-3-5-7-6-4-1/h1-2H2;. The van der Waals surface area contributed by atoms with Gasteiger partial charge in [-0.2, -0.15) is 0 Å². The van der Waals surface area contributed by atoms with E-state index in [1.807, 2.05) is 0 Å². The van der Waals surface area contributed by atoms with E-state index in [0.29, 0.717) is 0 Å². The SMILES string of the molecule is C=C.O=c1ossso1. The maximum absolute atomic E-state index is 9.96. The highest BCUT2D eigenvalue weighted by Crippen LogP contribution is 2.05. The van der Waals surface area contributed by atoms with Crippen molar-refractivity contribution in [1.82, 2.24) is 0 Å². The highest BCUT2D eigenvalue weighted by molar-refractivity contribution is 7.90. The zero-order chi connectivity index (χ0) is 7.11. The van der Waals surface area contributed by atoms with Crippen LogP contribution in [0.5, 0.6) is 0 Å². The van der Waals surface area contributed by atoms with Gasteiger partial charge in [-0.3, -0.25) is 0 Å². The molecule has 6 heteroatoms. The average molecular weight is 184 g/mol. The Kier molecular flexibility index (Phi) is 5.59. The molecule has 0 aliphatic carbocycles. The third-order valence-electron chi connectivity index (χ3n) is 0.260. The van der Waals surface area contributed by atoms with E-state index >= 15 is 0 Å². The largest absolute Gasteiger partial charge is 0.544 e. The molecule has 52 valence electrons. The third kappa shape index (κ3) is 4.19. The smallest absolute Gasteiger partial charge is 0.320 e. The van der Waals surface area contributed by atoms with Crippen molar-refractivity contribution < 1.29 is 7.70 Å². The lowest BCUT2D eigenvalue weighted by molar-refractivity contribution is 0.440. The third-order valence-corrected chi connectivity index (χ3v) is 2.52. The summed E-state index contributed by atoms with van der Waals surface area (Å²) < 4.78 is 8.55. The summed E-state index contributed by atoms with van der Waals surface area (Å²) in [6, 6.07) is 0. The van der Waals surface area contributed by atoms with Gasteiger partial charge in [0.2, 0.25) is 0 Å². The Hall–Kier alpha value is -0.330. The van der Waals surface area contributed by atoms with Gasteiger partial charge in [0.15, 0.2) is 0 Å². The summed E-state index contributed by atoms with van der Waals surface area (Å²) in [4.78, 5) is 9.96. The molecule has 0 aliphatic heterocycles. The summed E-state index contributed by atoms with van der Waals surface area (Å²) in [5, 5.41) is 0. The van der Waals surface area contributed by atoms with Crippen LogP contribution in [0.2, 0.25) is 0 Å². The van der Waals surface area contributed by atoms with E-state index in [1.54, 1.807) is 0 Å². The van der Waals surface area contributed by atoms with Crippen molar-refractivity contribution in [3.05, 3.63) is 23.8 Å². The van der Waals surface area contributed by atoms with E-state index in [2.05, 4.69) is 20.9 Å². The Morgan fingerprint density at radius 1 is 1.22 bits per heavy atom. The van der Waals surface area contributed by atoms with Gasteiger partial charge in [-0.1, -0.05) is 0 Å². The van der Waals surface area contributed by atoms with E-state index in [4.69, 9.17) is 0 Å². The maximum Gasteiger partial charge on any atom is 0.544 e. The number of rotatable bonds is 0. The molecule has 1 heterocycles. The molecule has 0 saturated carbocycles. The van der Waals surface area contributed by atoms with Crippen LogP contribution in [0.4, 0.5) is 0 Å². The zero-order valence-corrected chi connectivity index (χ0v) is 6.81. The molecule has 1 rings (SSSR count). The summed E-state index contributed by atoms with van der Waals surface area (Å²) >= 11 is 0. The van der Waals surface area contributed by atoms with E-state index in [0.717, 1.165) is 21.3 Å². The topological polar surface area (TPSA) is 43.4 Å². The minimum Gasteiger partial charge on any atom is -0.320 e. The lowest BCUT2D eigenvalue weighted by Crippen LogP contribution is -1.86. The predicted molar refractivity (Wildman–Crippen MR) is 39.8 cm³/mol. The molecule has 3 nitrogen and oxygen atoms in total. The molecule has 0 fully saturated rings. The highest BCUT2D eigenvalue weighted by atomic mass is 33.2. The molecule has 0 aromatic carbocycles. The van der Waals surface area contributed by atoms with Crippen LogP contribution in [0.1, 0.15) is 0 Å². The highest BCUT2D eigenvalue weighted by Gasteiger charge is 1.79. The quantitative estimate of drug-likeness (QED) is 0.459. The van der Waals surface area contributed by atoms with Crippen molar-refractivity contribution in [3.8, 4) is 0 Å². The van der Waals surface area contributed by atoms with Crippen molar-refractivity contribution >= 4 is 30.6 Å². The van der Waals surface area contributed by atoms with Crippen LogP contribution in [-0.4, -0.2) is 0 Å². The first-order chi connectivity index (χ1) is 4.39. The minimum absolute atomic E-state index is 0.631. The Morgan fingerprint density at radius 3 is 1.89 bits per heavy atom. The van der Waals surface area contributed by atoms with Crippen LogP contribution in [0, 0.1) is 0 Å². The number of hydrogen-bond acceptors (Lipinski definition) is 6. The Balaban J connectivity index is 0.000000291. The van der Waals surface area contributed by atoms with E-state index < -0.39 is 5.82 Å². The van der Waals surface area contributed by atoms with Crippen LogP contribution in [0.3, 0.4) is 0 Å². The molecule has 0 bridgehead atoms. The summed E-state index contributed by atoms with van der Waals surface area (Å²) in [6.45, 7) is 6.00. The number of hydrogen-bond donors (Lipinski definition) is 0. The Morgan fingerprint density at radius 2 is 1.67 bits per heavy atom. The molecule has 0 amide bonds.